The molecule has 0 fully saturated rings. The Labute approximate surface area is 244 Å². The summed E-state index contributed by atoms with van der Waals surface area (Å²) in [4.78, 5) is 0. The second kappa shape index (κ2) is 31.5. The zero-order valence-corrected chi connectivity index (χ0v) is 27.9. The Morgan fingerprint density at radius 1 is 0.237 bits per heavy atom. The molecule has 0 radical (unpaired) electrons. The molecule has 0 spiro atoms. The predicted octanol–water partition coefficient (Wildman–Crippen LogP) is 14.6. The Hall–Kier alpha value is 0. The van der Waals surface area contributed by atoms with Crippen molar-refractivity contribution in [2.75, 3.05) is 0 Å². The molecule has 0 aromatic heterocycles. The van der Waals surface area contributed by atoms with Crippen LogP contribution in [0.1, 0.15) is 227 Å². The third-order valence-corrected chi connectivity index (χ3v) is 9.39. The molecule has 0 N–H and O–H groups in total. The molecule has 0 bridgehead atoms. The monoisotopic (exact) mass is 535 g/mol. The van der Waals surface area contributed by atoms with Gasteiger partial charge in [-0.05, 0) is 17.8 Å². The van der Waals surface area contributed by atoms with E-state index in [0.717, 1.165) is 17.8 Å². The van der Waals surface area contributed by atoms with E-state index in [2.05, 4.69) is 34.6 Å². The van der Waals surface area contributed by atoms with E-state index in [9.17, 15) is 0 Å². The van der Waals surface area contributed by atoms with Gasteiger partial charge in [-0.25, -0.2) is 0 Å². The summed E-state index contributed by atoms with van der Waals surface area (Å²) in [6.07, 6.45) is 44.0. The van der Waals surface area contributed by atoms with Gasteiger partial charge in [-0.2, -0.15) is 0 Å². The Bertz CT molecular complexity index is 412. The van der Waals surface area contributed by atoms with Gasteiger partial charge in [0.1, 0.15) is 0 Å². The Balaban J connectivity index is 3.37. The maximum Gasteiger partial charge on any atom is -0.0443 e. The summed E-state index contributed by atoms with van der Waals surface area (Å²) < 4.78 is 0. The number of hydrogen-bond acceptors (Lipinski definition) is 0. The van der Waals surface area contributed by atoms with Crippen LogP contribution in [-0.2, 0) is 0 Å². The minimum atomic E-state index is 0.948. The number of rotatable bonds is 32. The van der Waals surface area contributed by atoms with Crippen LogP contribution in [0.3, 0.4) is 0 Å². The lowest BCUT2D eigenvalue weighted by molar-refractivity contribution is 0.385. The number of unbranched alkanes of at least 4 members (excludes halogenated alkanes) is 20. The normalized spacial score (nSPS) is 14.1. The Morgan fingerprint density at radius 3 is 0.684 bits per heavy atom. The zero-order chi connectivity index (χ0) is 27.9. The van der Waals surface area contributed by atoms with E-state index in [1.165, 1.54) is 193 Å². The van der Waals surface area contributed by atoms with Crippen LogP contribution in [0.4, 0.5) is 0 Å². The smallest absolute Gasteiger partial charge is 0.0443 e. The van der Waals surface area contributed by atoms with Gasteiger partial charge in [0, 0.05) is 0 Å². The van der Waals surface area contributed by atoms with E-state index in [0.29, 0.717) is 0 Å². The summed E-state index contributed by atoms with van der Waals surface area (Å²) in [5, 5.41) is 0. The summed E-state index contributed by atoms with van der Waals surface area (Å²) in [6.45, 7) is 12.2. The quantitative estimate of drug-likeness (QED) is 0.0752. The molecule has 0 heterocycles. The van der Waals surface area contributed by atoms with Gasteiger partial charge in [0.15, 0.2) is 0 Å². The lowest BCUT2D eigenvalue weighted by atomic mass is 9.91. The van der Waals surface area contributed by atoms with Crippen LogP contribution in [0.25, 0.3) is 0 Å². The standard InChI is InChI=1S/C38H78/c1-6-8-10-12-14-16-18-20-22-25-30-36(3)32-27-24-28-33-38(5)35-29-34-37(4)31-26-23-21-19-17-15-13-11-9-7-2/h36-38H,6-35H2,1-5H3. The van der Waals surface area contributed by atoms with Gasteiger partial charge < -0.3 is 0 Å². The minimum absolute atomic E-state index is 0.948. The molecule has 3 atom stereocenters. The van der Waals surface area contributed by atoms with E-state index >= 15 is 0 Å². The summed E-state index contributed by atoms with van der Waals surface area (Å²) >= 11 is 0. The van der Waals surface area contributed by atoms with Crippen molar-refractivity contribution < 1.29 is 0 Å². The fourth-order valence-electron chi connectivity index (χ4n) is 6.37. The highest BCUT2D eigenvalue weighted by Gasteiger charge is 2.07. The van der Waals surface area contributed by atoms with Crippen LogP contribution in [0.2, 0.25) is 0 Å². The van der Waals surface area contributed by atoms with Gasteiger partial charge in [-0.15, -0.1) is 0 Å². The fraction of sp³-hybridized carbons (Fsp3) is 1.00. The molecule has 0 aliphatic rings. The number of hydrogen-bond donors (Lipinski definition) is 0. The van der Waals surface area contributed by atoms with Crippen LogP contribution < -0.4 is 0 Å². The van der Waals surface area contributed by atoms with Crippen molar-refractivity contribution in [2.45, 2.75) is 227 Å². The van der Waals surface area contributed by atoms with Gasteiger partial charge in [-0.1, -0.05) is 227 Å². The van der Waals surface area contributed by atoms with E-state index in [4.69, 9.17) is 0 Å². The molecule has 0 aliphatic carbocycles. The van der Waals surface area contributed by atoms with Crippen molar-refractivity contribution in [1.82, 2.24) is 0 Å². The molecule has 0 saturated carbocycles. The topological polar surface area (TPSA) is 0 Å². The largest absolute Gasteiger partial charge is 0.0654 e. The summed E-state index contributed by atoms with van der Waals surface area (Å²) in [5.41, 5.74) is 0. The van der Waals surface area contributed by atoms with Crippen LogP contribution in [-0.4, -0.2) is 0 Å². The molecule has 0 heteroatoms. The SMILES string of the molecule is CCCCCCCCCCCCC(C)CCCCCC(C)CCCC(C)CCCCCCCCCCCC. The van der Waals surface area contributed by atoms with E-state index in [1.807, 2.05) is 0 Å². The Kier molecular flexibility index (Phi) is 31.5. The van der Waals surface area contributed by atoms with Crippen LogP contribution in [0, 0.1) is 17.8 Å². The fourth-order valence-corrected chi connectivity index (χ4v) is 6.37. The van der Waals surface area contributed by atoms with Crippen molar-refractivity contribution in [1.29, 1.82) is 0 Å². The summed E-state index contributed by atoms with van der Waals surface area (Å²) in [6, 6.07) is 0. The van der Waals surface area contributed by atoms with Gasteiger partial charge in [0.25, 0.3) is 0 Å². The van der Waals surface area contributed by atoms with Gasteiger partial charge >= 0.3 is 0 Å². The lowest BCUT2D eigenvalue weighted by Crippen LogP contribution is -2.00. The minimum Gasteiger partial charge on any atom is -0.0654 e. The third kappa shape index (κ3) is 30.5. The molecular weight excluding hydrogens is 456 g/mol. The van der Waals surface area contributed by atoms with E-state index < -0.39 is 0 Å². The van der Waals surface area contributed by atoms with Crippen LogP contribution >= 0.6 is 0 Å². The molecule has 3 unspecified atom stereocenters. The molecule has 0 saturated heterocycles. The summed E-state index contributed by atoms with van der Waals surface area (Å²) in [5.74, 6) is 2.86. The first-order valence-corrected chi connectivity index (χ1v) is 18.6. The lowest BCUT2D eigenvalue weighted by Gasteiger charge is -2.15. The third-order valence-electron chi connectivity index (χ3n) is 9.39. The first kappa shape index (κ1) is 38.0. The first-order chi connectivity index (χ1) is 18.6. The van der Waals surface area contributed by atoms with Crippen molar-refractivity contribution in [3.05, 3.63) is 0 Å². The first-order valence-electron chi connectivity index (χ1n) is 18.6. The molecular formula is C38H78. The van der Waals surface area contributed by atoms with Crippen molar-refractivity contribution >= 4 is 0 Å². The van der Waals surface area contributed by atoms with Crippen LogP contribution in [0.15, 0.2) is 0 Å². The maximum atomic E-state index is 2.51. The van der Waals surface area contributed by atoms with Crippen molar-refractivity contribution in [3.8, 4) is 0 Å². The van der Waals surface area contributed by atoms with Crippen molar-refractivity contribution in [2.24, 2.45) is 17.8 Å². The molecule has 0 rings (SSSR count). The molecule has 0 aromatic carbocycles. The van der Waals surface area contributed by atoms with Gasteiger partial charge in [0.2, 0.25) is 0 Å². The highest BCUT2D eigenvalue weighted by atomic mass is 14.1. The molecule has 38 heavy (non-hydrogen) atoms. The molecule has 0 nitrogen and oxygen atoms in total. The highest BCUT2D eigenvalue weighted by molar-refractivity contribution is 4.61. The maximum absolute atomic E-state index is 2.51. The second-order valence-electron chi connectivity index (χ2n) is 13.8. The molecule has 0 aliphatic heterocycles. The van der Waals surface area contributed by atoms with E-state index in [-0.39, 0.29) is 0 Å². The highest BCUT2D eigenvalue weighted by Crippen LogP contribution is 2.23. The van der Waals surface area contributed by atoms with Gasteiger partial charge in [0.05, 0.1) is 0 Å². The average molecular weight is 535 g/mol. The van der Waals surface area contributed by atoms with Crippen LogP contribution in [0.5, 0.6) is 0 Å². The molecule has 230 valence electrons. The Morgan fingerprint density at radius 2 is 0.421 bits per heavy atom. The van der Waals surface area contributed by atoms with Gasteiger partial charge in [-0.3, -0.25) is 0 Å². The van der Waals surface area contributed by atoms with Crippen molar-refractivity contribution in [3.63, 3.8) is 0 Å². The van der Waals surface area contributed by atoms with E-state index in [1.54, 1.807) is 0 Å². The summed E-state index contributed by atoms with van der Waals surface area (Å²) in [7, 11) is 0. The second-order valence-corrected chi connectivity index (χ2v) is 13.8. The predicted molar refractivity (Wildman–Crippen MR) is 177 cm³/mol. The molecule has 0 aromatic rings. The zero-order valence-electron chi connectivity index (χ0n) is 27.9. The molecule has 0 amide bonds. The average Bonchev–Trinajstić information content (AvgIpc) is 2.90.